The van der Waals surface area contributed by atoms with Crippen molar-refractivity contribution in [1.29, 1.82) is 0 Å². The van der Waals surface area contributed by atoms with Crippen LogP contribution in [-0.2, 0) is 13.2 Å². The average Bonchev–Trinajstić information content (AvgIpc) is 3.06. The molecule has 4 aromatic rings. The monoisotopic (exact) mass is 397 g/mol. The van der Waals surface area contributed by atoms with E-state index in [1.807, 2.05) is 48.0 Å². The molecule has 0 spiro atoms. The SMILES string of the molecule is COc1ccc(Nc2nccc3c2cc(-c2cccc(C(F)(F)F)c2)n3C)cc1. The van der Waals surface area contributed by atoms with E-state index >= 15 is 0 Å². The number of methoxy groups -OCH3 is 1. The zero-order chi connectivity index (χ0) is 20.6. The smallest absolute Gasteiger partial charge is 0.416 e. The molecule has 0 fully saturated rings. The summed E-state index contributed by atoms with van der Waals surface area (Å²) < 4.78 is 46.4. The van der Waals surface area contributed by atoms with Gasteiger partial charge in [-0.05, 0) is 54.1 Å². The fourth-order valence-corrected chi connectivity index (χ4v) is 3.30. The summed E-state index contributed by atoms with van der Waals surface area (Å²) in [6.45, 7) is 0. The van der Waals surface area contributed by atoms with Gasteiger partial charge in [-0.1, -0.05) is 12.1 Å². The third-order valence-corrected chi connectivity index (χ3v) is 4.81. The van der Waals surface area contributed by atoms with E-state index < -0.39 is 11.7 Å². The third kappa shape index (κ3) is 3.63. The van der Waals surface area contributed by atoms with Gasteiger partial charge in [-0.2, -0.15) is 13.2 Å². The van der Waals surface area contributed by atoms with Gasteiger partial charge in [0, 0.05) is 30.0 Å². The number of halogens is 3. The van der Waals surface area contributed by atoms with Gasteiger partial charge in [0.1, 0.15) is 11.6 Å². The molecule has 2 heterocycles. The van der Waals surface area contributed by atoms with Crippen molar-refractivity contribution in [1.82, 2.24) is 9.55 Å². The van der Waals surface area contributed by atoms with Gasteiger partial charge in [-0.25, -0.2) is 4.98 Å². The van der Waals surface area contributed by atoms with Crippen LogP contribution < -0.4 is 10.1 Å². The molecule has 1 N–H and O–H groups in total. The third-order valence-electron chi connectivity index (χ3n) is 4.81. The van der Waals surface area contributed by atoms with Gasteiger partial charge in [0.25, 0.3) is 0 Å². The average molecular weight is 397 g/mol. The highest BCUT2D eigenvalue weighted by Gasteiger charge is 2.30. The van der Waals surface area contributed by atoms with Crippen molar-refractivity contribution in [2.75, 3.05) is 12.4 Å². The first kappa shape index (κ1) is 18.9. The molecule has 148 valence electrons. The minimum absolute atomic E-state index is 0.494. The van der Waals surface area contributed by atoms with E-state index in [4.69, 9.17) is 4.74 Å². The summed E-state index contributed by atoms with van der Waals surface area (Å²) in [7, 11) is 3.43. The number of alkyl halides is 3. The minimum Gasteiger partial charge on any atom is -0.497 e. The Bertz CT molecular complexity index is 1160. The van der Waals surface area contributed by atoms with E-state index in [1.165, 1.54) is 6.07 Å². The molecule has 0 bridgehead atoms. The van der Waals surface area contributed by atoms with Crippen molar-refractivity contribution in [3.63, 3.8) is 0 Å². The number of aromatic nitrogens is 2. The molecule has 0 aliphatic heterocycles. The number of benzene rings is 2. The highest BCUT2D eigenvalue weighted by molar-refractivity contribution is 5.96. The van der Waals surface area contributed by atoms with Crippen LogP contribution in [0.2, 0.25) is 0 Å². The Morgan fingerprint density at radius 1 is 1.00 bits per heavy atom. The quantitative estimate of drug-likeness (QED) is 0.458. The summed E-state index contributed by atoms with van der Waals surface area (Å²) in [5.41, 5.74) is 2.19. The molecule has 0 saturated heterocycles. The number of hydrogen-bond donors (Lipinski definition) is 1. The number of fused-ring (bicyclic) bond motifs is 1. The molecule has 4 nitrogen and oxygen atoms in total. The number of aryl methyl sites for hydroxylation is 1. The predicted molar refractivity (Wildman–Crippen MR) is 107 cm³/mol. The first-order valence-electron chi connectivity index (χ1n) is 8.90. The van der Waals surface area contributed by atoms with Crippen LogP contribution in [-0.4, -0.2) is 16.7 Å². The molecule has 4 rings (SSSR count). The summed E-state index contributed by atoms with van der Waals surface area (Å²) in [5.74, 6) is 1.37. The molecule has 0 aliphatic rings. The van der Waals surface area contributed by atoms with Crippen LogP contribution in [0.4, 0.5) is 24.7 Å². The van der Waals surface area contributed by atoms with Crippen LogP contribution in [0.3, 0.4) is 0 Å². The Hall–Kier alpha value is -3.48. The second-order valence-corrected chi connectivity index (χ2v) is 6.61. The number of rotatable bonds is 4. The highest BCUT2D eigenvalue weighted by atomic mass is 19.4. The summed E-state index contributed by atoms with van der Waals surface area (Å²) >= 11 is 0. The molecule has 0 aliphatic carbocycles. The lowest BCUT2D eigenvalue weighted by atomic mass is 10.1. The zero-order valence-corrected chi connectivity index (χ0v) is 15.8. The molecule has 7 heteroatoms. The Kier molecular flexibility index (Phi) is 4.66. The lowest BCUT2D eigenvalue weighted by Gasteiger charge is -2.09. The number of nitrogens with zero attached hydrogens (tertiary/aromatic N) is 2. The Balaban J connectivity index is 1.77. The van der Waals surface area contributed by atoms with Gasteiger partial charge in [-0.3, -0.25) is 0 Å². The van der Waals surface area contributed by atoms with Crippen molar-refractivity contribution in [2.24, 2.45) is 7.05 Å². The van der Waals surface area contributed by atoms with Crippen LogP contribution in [0.15, 0.2) is 66.9 Å². The molecule has 0 radical (unpaired) electrons. The fourth-order valence-electron chi connectivity index (χ4n) is 3.30. The number of hydrogen-bond acceptors (Lipinski definition) is 3. The van der Waals surface area contributed by atoms with E-state index in [2.05, 4.69) is 10.3 Å². The fraction of sp³-hybridized carbons (Fsp3) is 0.136. The molecule has 0 atom stereocenters. The zero-order valence-electron chi connectivity index (χ0n) is 15.8. The molecule has 2 aromatic carbocycles. The maximum Gasteiger partial charge on any atom is 0.416 e. The van der Waals surface area contributed by atoms with Crippen LogP contribution in [0.5, 0.6) is 5.75 Å². The number of pyridine rings is 1. The predicted octanol–water partition coefficient (Wildman–Crippen LogP) is 6.01. The summed E-state index contributed by atoms with van der Waals surface area (Å²) in [4.78, 5) is 4.41. The summed E-state index contributed by atoms with van der Waals surface area (Å²) in [6.07, 6.45) is -2.71. The maximum atomic E-state index is 13.1. The lowest BCUT2D eigenvalue weighted by molar-refractivity contribution is -0.137. The molecule has 29 heavy (non-hydrogen) atoms. The Labute approximate surface area is 165 Å². The largest absolute Gasteiger partial charge is 0.497 e. The van der Waals surface area contributed by atoms with Crippen LogP contribution in [0.25, 0.3) is 22.2 Å². The highest BCUT2D eigenvalue weighted by Crippen LogP contribution is 2.35. The van der Waals surface area contributed by atoms with Crippen LogP contribution in [0.1, 0.15) is 5.56 Å². The van der Waals surface area contributed by atoms with E-state index in [9.17, 15) is 13.2 Å². The first-order chi connectivity index (χ1) is 13.9. The Morgan fingerprint density at radius 2 is 1.76 bits per heavy atom. The van der Waals surface area contributed by atoms with Gasteiger partial charge in [0.05, 0.1) is 18.2 Å². The topological polar surface area (TPSA) is 39.1 Å². The standard InChI is InChI=1S/C22H18F3N3O/c1-28-19-10-11-26-21(27-16-6-8-17(29-2)9-7-16)18(19)13-20(28)14-4-3-5-15(12-14)22(23,24)25/h3-13H,1-2H3,(H,26,27). The van der Waals surface area contributed by atoms with Crippen molar-refractivity contribution in [3.8, 4) is 17.0 Å². The van der Waals surface area contributed by atoms with E-state index in [-0.39, 0.29) is 0 Å². The normalized spacial score (nSPS) is 11.6. The molecule has 2 aromatic heterocycles. The maximum absolute atomic E-state index is 13.1. The molecule has 0 amide bonds. The molecular weight excluding hydrogens is 379 g/mol. The van der Waals surface area contributed by atoms with Gasteiger partial charge in [0.2, 0.25) is 0 Å². The number of nitrogens with one attached hydrogen (secondary N) is 1. The van der Waals surface area contributed by atoms with Crippen LogP contribution >= 0.6 is 0 Å². The van der Waals surface area contributed by atoms with E-state index in [0.717, 1.165) is 34.5 Å². The second kappa shape index (κ2) is 7.16. The number of anilines is 2. The van der Waals surface area contributed by atoms with Gasteiger partial charge in [0.15, 0.2) is 0 Å². The van der Waals surface area contributed by atoms with Crippen molar-refractivity contribution in [3.05, 3.63) is 72.4 Å². The van der Waals surface area contributed by atoms with Gasteiger partial charge < -0.3 is 14.6 Å². The van der Waals surface area contributed by atoms with Crippen molar-refractivity contribution < 1.29 is 17.9 Å². The summed E-state index contributed by atoms with van der Waals surface area (Å²) in [5, 5.41) is 4.08. The van der Waals surface area contributed by atoms with E-state index in [1.54, 1.807) is 19.4 Å². The van der Waals surface area contributed by atoms with E-state index in [0.29, 0.717) is 17.1 Å². The van der Waals surface area contributed by atoms with Gasteiger partial charge >= 0.3 is 6.18 Å². The minimum atomic E-state index is -4.39. The van der Waals surface area contributed by atoms with Crippen molar-refractivity contribution >= 4 is 22.4 Å². The lowest BCUT2D eigenvalue weighted by Crippen LogP contribution is -2.04. The van der Waals surface area contributed by atoms with Crippen molar-refractivity contribution in [2.45, 2.75) is 6.18 Å². The molecule has 0 saturated carbocycles. The van der Waals surface area contributed by atoms with Gasteiger partial charge in [-0.15, -0.1) is 0 Å². The summed E-state index contributed by atoms with van der Waals surface area (Å²) in [6, 6.07) is 16.4. The molecule has 0 unspecified atom stereocenters. The Morgan fingerprint density at radius 3 is 2.45 bits per heavy atom. The molecular formula is C22H18F3N3O. The van der Waals surface area contributed by atoms with Crippen LogP contribution in [0, 0.1) is 0 Å². The second-order valence-electron chi connectivity index (χ2n) is 6.61. The number of ether oxygens (including phenoxy) is 1. The first-order valence-corrected chi connectivity index (χ1v) is 8.90.